The van der Waals surface area contributed by atoms with Gasteiger partial charge in [0.25, 0.3) is 0 Å². The second-order valence-electron chi connectivity index (χ2n) is 4.32. The van der Waals surface area contributed by atoms with Crippen LogP contribution >= 0.6 is 0 Å². The zero-order valence-electron chi connectivity index (χ0n) is 11.0. The highest BCUT2D eigenvalue weighted by Gasteiger charge is 2.02. The Labute approximate surface area is 104 Å². The maximum Gasteiger partial charge on any atom is 0.193 e. The average Bonchev–Trinajstić information content (AvgIpc) is 2.36. The summed E-state index contributed by atoms with van der Waals surface area (Å²) in [6, 6.07) is 8.39. The summed E-state index contributed by atoms with van der Waals surface area (Å²) in [5, 5.41) is 3.09. The number of rotatable bonds is 5. The van der Waals surface area contributed by atoms with Crippen LogP contribution in [0.4, 0.5) is 5.69 Å². The van der Waals surface area contributed by atoms with E-state index in [4.69, 9.17) is 5.73 Å². The van der Waals surface area contributed by atoms with Crippen molar-refractivity contribution < 1.29 is 0 Å². The Balaban J connectivity index is 2.62. The molecule has 0 aliphatic rings. The van der Waals surface area contributed by atoms with Gasteiger partial charge in [0.05, 0.1) is 0 Å². The minimum atomic E-state index is 0.489. The number of nitrogens with two attached hydrogens (primary N) is 1. The quantitative estimate of drug-likeness (QED) is 0.605. The molecule has 1 unspecified atom stereocenters. The predicted octanol–water partition coefficient (Wildman–Crippen LogP) is 3.34. The third-order valence-corrected chi connectivity index (χ3v) is 2.87. The Morgan fingerprint density at radius 1 is 1.29 bits per heavy atom. The molecule has 94 valence electrons. The van der Waals surface area contributed by atoms with Gasteiger partial charge in [-0.25, -0.2) is 0 Å². The Kier molecular flexibility index (Phi) is 5.53. The van der Waals surface area contributed by atoms with Crippen LogP contribution in [0.1, 0.15) is 45.1 Å². The predicted molar refractivity (Wildman–Crippen MR) is 75.6 cm³/mol. The number of guanidine groups is 1. The average molecular weight is 233 g/mol. The maximum absolute atomic E-state index is 5.75. The second-order valence-corrected chi connectivity index (χ2v) is 4.32. The molecule has 0 aliphatic heterocycles. The van der Waals surface area contributed by atoms with Gasteiger partial charge < -0.3 is 11.1 Å². The molecule has 0 spiro atoms. The number of anilines is 1. The molecule has 0 radical (unpaired) electrons. The first-order valence-corrected chi connectivity index (χ1v) is 6.34. The first-order chi connectivity index (χ1) is 8.17. The molecule has 0 aromatic heterocycles. The monoisotopic (exact) mass is 233 g/mol. The molecule has 3 N–H and O–H groups in total. The smallest absolute Gasteiger partial charge is 0.193 e. The van der Waals surface area contributed by atoms with Crippen LogP contribution < -0.4 is 11.1 Å². The molecule has 0 saturated carbocycles. The van der Waals surface area contributed by atoms with Gasteiger partial charge in [-0.2, -0.15) is 0 Å². The van der Waals surface area contributed by atoms with Crippen LogP contribution in [0.3, 0.4) is 0 Å². The summed E-state index contributed by atoms with van der Waals surface area (Å²) in [4.78, 5) is 4.19. The van der Waals surface area contributed by atoms with E-state index in [2.05, 4.69) is 55.3 Å². The summed E-state index contributed by atoms with van der Waals surface area (Å²) in [6.07, 6.45) is 2.17. The third-order valence-electron chi connectivity index (χ3n) is 2.87. The van der Waals surface area contributed by atoms with Gasteiger partial charge >= 0.3 is 0 Å². The standard InChI is InChI=1S/C14H23N3/c1-4-10-16-14(15)17-13-8-6-12(7-9-13)11(3)5-2/h6-9,11H,4-5,10H2,1-3H3,(H3,15,16,17). The number of hydrogen-bond acceptors (Lipinski definition) is 1. The van der Waals surface area contributed by atoms with E-state index in [1.165, 1.54) is 5.56 Å². The summed E-state index contributed by atoms with van der Waals surface area (Å²) in [5.41, 5.74) is 8.11. The first-order valence-electron chi connectivity index (χ1n) is 6.34. The van der Waals surface area contributed by atoms with Crippen LogP contribution in [0.5, 0.6) is 0 Å². The Morgan fingerprint density at radius 2 is 1.94 bits per heavy atom. The highest BCUT2D eigenvalue weighted by molar-refractivity contribution is 5.92. The molecular weight excluding hydrogens is 210 g/mol. The topological polar surface area (TPSA) is 50.4 Å². The van der Waals surface area contributed by atoms with Gasteiger partial charge in [-0.05, 0) is 36.5 Å². The van der Waals surface area contributed by atoms with E-state index in [9.17, 15) is 0 Å². The maximum atomic E-state index is 5.75. The molecular formula is C14H23N3. The molecule has 0 bridgehead atoms. The van der Waals surface area contributed by atoms with Crippen molar-refractivity contribution in [1.29, 1.82) is 0 Å². The zero-order valence-corrected chi connectivity index (χ0v) is 11.0. The fourth-order valence-electron chi connectivity index (χ4n) is 1.55. The summed E-state index contributed by atoms with van der Waals surface area (Å²) in [7, 11) is 0. The van der Waals surface area contributed by atoms with Gasteiger partial charge in [-0.15, -0.1) is 0 Å². The van der Waals surface area contributed by atoms with Crippen molar-refractivity contribution in [2.75, 3.05) is 11.9 Å². The van der Waals surface area contributed by atoms with Gasteiger partial charge in [0.1, 0.15) is 0 Å². The number of nitrogens with one attached hydrogen (secondary N) is 1. The summed E-state index contributed by atoms with van der Waals surface area (Å²) in [5.74, 6) is 1.10. The van der Waals surface area contributed by atoms with Crippen molar-refractivity contribution in [1.82, 2.24) is 0 Å². The Bertz CT molecular complexity index is 354. The fraction of sp³-hybridized carbons (Fsp3) is 0.500. The van der Waals surface area contributed by atoms with E-state index in [0.717, 1.165) is 25.1 Å². The highest BCUT2D eigenvalue weighted by atomic mass is 15.1. The minimum absolute atomic E-state index is 0.489. The van der Waals surface area contributed by atoms with Gasteiger partial charge in [0.15, 0.2) is 5.96 Å². The van der Waals surface area contributed by atoms with E-state index in [1.807, 2.05) is 0 Å². The Hall–Kier alpha value is -1.51. The molecule has 0 amide bonds. The van der Waals surface area contributed by atoms with Crippen LogP contribution in [-0.2, 0) is 0 Å². The van der Waals surface area contributed by atoms with E-state index in [1.54, 1.807) is 0 Å². The lowest BCUT2D eigenvalue weighted by molar-refractivity contribution is 0.734. The number of aliphatic imine (C=N–C) groups is 1. The summed E-state index contributed by atoms with van der Waals surface area (Å²) in [6.45, 7) is 7.28. The molecule has 0 aliphatic carbocycles. The van der Waals surface area contributed by atoms with E-state index in [-0.39, 0.29) is 0 Å². The molecule has 17 heavy (non-hydrogen) atoms. The molecule has 1 atom stereocenters. The first kappa shape index (κ1) is 13.6. The SMILES string of the molecule is CCCN=C(N)Nc1ccc(C(C)CC)cc1. The normalized spacial score (nSPS) is 13.5. The third kappa shape index (κ3) is 4.47. The van der Waals surface area contributed by atoms with E-state index >= 15 is 0 Å². The molecule has 3 nitrogen and oxygen atoms in total. The van der Waals surface area contributed by atoms with Gasteiger partial charge in [-0.1, -0.05) is 32.9 Å². The summed E-state index contributed by atoms with van der Waals surface area (Å²) < 4.78 is 0. The largest absolute Gasteiger partial charge is 0.370 e. The second kappa shape index (κ2) is 6.94. The Morgan fingerprint density at radius 3 is 2.47 bits per heavy atom. The van der Waals surface area contributed by atoms with E-state index < -0.39 is 0 Å². The molecule has 1 aromatic carbocycles. The fourth-order valence-corrected chi connectivity index (χ4v) is 1.55. The number of benzene rings is 1. The van der Waals surface area contributed by atoms with Crippen LogP contribution in [0.2, 0.25) is 0 Å². The van der Waals surface area contributed by atoms with Crippen molar-refractivity contribution in [3.05, 3.63) is 29.8 Å². The lowest BCUT2D eigenvalue weighted by Gasteiger charge is -2.10. The number of nitrogens with zero attached hydrogens (tertiary/aromatic N) is 1. The summed E-state index contributed by atoms with van der Waals surface area (Å²) >= 11 is 0. The highest BCUT2D eigenvalue weighted by Crippen LogP contribution is 2.20. The lowest BCUT2D eigenvalue weighted by Crippen LogP contribution is -2.22. The minimum Gasteiger partial charge on any atom is -0.370 e. The molecule has 1 aromatic rings. The van der Waals surface area contributed by atoms with Gasteiger partial charge in [0, 0.05) is 12.2 Å². The number of hydrogen-bond donors (Lipinski definition) is 2. The van der Waals surface area contributed by atoms with Crippen LogP contribution in [0.15, 0.2) is 29.3 Å². The van der Waals surface area contributed by atoms with Crippen LogP contribution in [0.25, 0.3) is 0 Å². The van der Waals surface area contributed by atoms with Crippen LogP contribution in [-0.4, -0.2) is 12.5 Å². The molecule has 0 fully saturated rings. The van der Waals surface area contributed by atoms with Crippen molar-refractivity contribution in [3.63, 3.8) is 0 Å². The van der Waals surface area contributed by atoms with Crippen molar-refractivity contribution in [2.24, 2.45) is 10.7 Å². The molecule has 0 heterocycles. The van der Waals surface area contributed by atoms with E-state index in [0.29, 0.717) is 11.9 Å². The molecule has 1 rings (SSSR count). The van der Waals surface area contributed by atoms with Crippen molar-refractivity contribution >= 4 is 11.6 Å². The van der Waals surface area contributed by atoms with Crippen LogP contribution in [0, 0.1) is 0 Å². The lowest BCUT2D eigenvalue weighted by atomic mass is 9.99. The molecule has 0 saturated heterocycles. The van der Waals surface area contributed by atoms with Crippen molar-refractivity contribution in [2.45, 2.75) is 39.5 Å². The van der Waals surface area contributed by atoms with Crippen molar-refractivity contribution in [3.8, 4) is 0 Å². The van der Waals surface area contributed by atoms with Gasteiger partial charge in [0.2, 0.25) is 0 Å². The van der Waals surface area contributed by atoms with Gasteiger partial charge in [-0.3, -0.25) is 4.99 Å². The zero-order chi connectivity index (χ0) is 12.7. The molecule has 3 heteroatoms.